The van der Waals surface area contributed by atoms with Crippen molar-refractivity contribution < 1.29 is 4.74 Å². The summed E-state index contributed by atoms with van der Waals surface area (Å²) in [4.78, 5) is 15.3. The molecule has 0 unspecified atom stereocenters. The minimum atomic E-state index is -0.0409. The molecular formula is C19H22N4O2. The van der Waals surface area contributed by atoms with Crippen LogP contribution < -0.4 is 10.9 Å². The van der Waals surface area contributed by atoms with E-state index in [0.29, 0.717) is 6.54 Å². The fourth-order valence-electron chi connectivity index (χ4n) is 3.47. The Morgan fingerprint density at radius 2 is 2.28 bits per heavy atom. The molecule has 1 aliphatic heterocycles. The number of pyridine rings is 1. The number of aromatic nitrogens is 3. The van der Waals surface area contributed by atoms with Crippen LogP contribution >= 0.6 is 0 Å². The van der Waals surface area contributed by atoms with Crippen molar-refractivity contribution >= 4 is 10.9 Å². The number of hydrogen-bond donors (Lipinski definition) is 2. The molecule has 1 saturated heterocycles. The van der Waals surface area contributed by atoms with Gasteiger partial charge in [-0.3, -0.25) is 9.48 Å². The second-order valence-electron chi connectivity index (χ2n) is 6.58. The van der Waals surface area contributed by atoms with Gasteiger partial charge in [-0.2, -0.15) is 5.10 Å². The van der Waals surface area contributed by atoms with Gasteiger partial charge < -0.3 is 15.0 Å². The maximum absolute atomic E-state index is 12.3. The van der Waals surface area contributed by atoms with Gasteiger partial charge in [0.15, 0.2) is 0 Å². The molecule has 1 aromatic carbocycles. The molecule has 6 heteroatoms. The van der Waals surface area contributed by atoms with Crippen molar-refractivity contribution in [3.63, 3.8) is 0 Å². The quantitative estimate of drug-likeness (QED) is 0.765. The average molecular weight is 338 g/mol. The molecule has 130 valence electrons. The first-order chi connectivity index (χ1) is 12.2. The summed E-state index contributed by atoms with van der Waals surface area (Å²) in [5, 5.41) is 8.81. The van der Waals surface area contributed by atoms with Crippen LogP contribution in [0.4, 0.5) is 0 Å². The maximum Gasteiger partial charge on any atom is 0.252 e. The van der Waals surface area contributed by atoms with Crippen molar-refractivity contribution in [1.82, 2.24) is 20.1 Å². The fraction of sp³-hybridized carbons (Fsp3) is 0.368. The summed E-state index contributed by atoms with van der Waals surface area (Å²) < 4.78 is 7.77. The Bertz CT molecular complexity index is 930. The highest BCUT2D eigenvalue weighted by Crippen LogP contribution is 2.28. The van der Waals surface area contributed by atoms with Crippen LogP contribution in [0.2, 0.25) is 0 Å². The largest absolute Gasteiger partial charge is 0.372 e. The molecule has 25 heavy (non-hydrogen) atoms. The Kier molecular flexibility index (Phi) is 4.38. The van der Waals surface area contributed by atoms with Crippen LogP contribution in [0.3, 0.4) is 0 Å². The Morgan fingerprint density at radius 1 is 1.40 bits per heavy atom. The number of ether oxygens (including phenoxy) is 1. The lowest BCUT2D eigenvalue weighted by molar-refractivity contribution is -0.0112. The van der Waals surface area contributed by atoms with E-state index in [4.69, 9.17) is 4.74 Å². The van der Waals surface area contributed by atoms with Crippen molar-refractivity contribution in [3.05, 3.63) is 64.2 Å². The van der Waals surface area contributed by atoms with E-state index in [9.17, 15) is 4.79 Å². The molecule has 0 aliphatic carbocycles. The monoisotopic (exact) mass is 338 g/mol. The second-order valence-corrected chi connectivity index (χ2v) is 6.58. The summed E-state index contributed by atoms with van der Waals surface area (Å²) in [6.45, 7) is 1.28. The molecule has 2 aromatic heterocycles. The van der Waals surface area contributed by atoms with Gasteiger partial charge in [-0.25, -0.2) is 0 Å². The van der Waals surface area contributed by atoms with E-state index in [1.165, 1.54) is 0 Å². The van der Waals surface area contributed by atoms with E-state index in [2.05, 4.69) is 15.4 Å². The number of benzene rings is 1. The van der Waals surface area contributed by atoms with Crippen molar-refractivity contribution in [1.29, 1.82) is 0 Å². The van der Waals surface area contributed by atoms with Crippen LogP contribution in [-0.2, 0) is 18.3 Å². The second kappa shape index (κ2) is 6.82. The van der Waals surface area contributed by atoms with Gasteiger partial charge >= 0.3 is 0 Å². The summed E-state index contributed by atoms with van der Waals surface area (Å²) in [6, 6.07) is 9.96. The molecule has 0 amide bonds. The third kappa shape index (κ3) is 3.36. The number of hydrogen-bond acceptors (Lipinski definition) is 4. The van der Waals surface area contributed by atoms with Crippen LogP contribution in [-0.4, -0.2) is 27.4 Å². The molecule has 3 aromatic rings. The third-order valence-corrected chi connectivity index (χ3v) is 4.76. The summed E-state index contributed by atoms with van der Waals surface area (Å²) in [5.74, 6) is 0. The number of rotatable bonds is 4. The lowest BCUT2D eigenvalue weighted by atomic mass is 9.98. The Morgan fingerprint density at radius 3 is 3.12 bits per heavy atom. The minimum absolute atomic E-state index is 0.0259. The lowest BCUT2D eigenvalue weighted by Crippen LogP contribution is -2.39. The van der Waals surface area contributed by atoms with Gasteiger partial charge in [0.05, 0.1) is 6.20 Å². The number of para-hydroxylation sites is 1. The van der Waals surface area contributed by atoms with Gasteiger partial charge in [0.2, 0.25) is 0 Å². The van der Waals surface area contributed by atoms with Gasteiger partial charge in [0.1, 0.15) is 6.10 Å². The van der Waals surface area contributed by atoms with Crippen molar-refractivity contribution in [3.8, 4) is 0 Å². The number of nitrogens with one attached hydrogen (secondary N) is 2. The molecule has 2 atom stereocenters. The Hall–Kier alpha value is -2.44. The summed E-state index contributed by atoms with van der Waals surface area (Å²) in [7, 11) is 1.91. The predicted molar refractivity (Wildman–Crippen MR) is 96.3 cm³/mol. The van der Waals surface area contributed by atoms with E-state index in [1.54, 1.807) is 4.68 Å². The van der Waals surface area contributed by atoms with Crippen molar-refractivity contribution in [2.24, 2.45) is 7.05 Å². The van der Waals surface area contributed by atoms with Crippen LogP contribution in [0, 0.1) is 0 Å². The molecule has 3 heterocycles. The highest BCUT2D eigenvalue weighted by atomic mass is 16.5. The van der Waals surface area contributed by atoms with E-state index in [0.717, 1.165) is 41.5 Å². The van der Waals surface area contributed by atoms with Gasteiger partial charge in [-0.1, -0.05) is 18.2 Å². The molecule has 0 spiro atoms. The molecule has 4 rings (SSSR count). The van der Waals surface area contributed by atoms with Gasteiger partial charge in [-0.05, 0) is 30.4 Å². The highest BCUT2D eigenvalue weighted by Gasteiger charge is 2.28. The molecular weight excluding hydrogens is 316 g/mol. The van der Waals surface area contributed by atoms with Gasteiger partial charge in [0.25, 0.3) is 5.56 Å². The molecule has 0 saturated carbocycles. The van der Waals surface area contributed by atoms with E-state index in [1.807, 2.05) is 49.8 Å². The molecule has 1 fully saturated rings. The minimum Gasteiger partial charge on any atom is -0.372 e. The van der Waals surface area contributed by atoms with Crippen LogP contribution in [0.1, 0.15) is 30.1 Å². The van der Waals surface area contributed by atoms with Crippen molar-refractivity contribution in [2.45, 2.75) is 31.5 Å². The van der Waals surface area contributed by atoms with Crippen molar-refractivity contribution in [2.75, 3.05) is 6.61 Å². The molecule has 0 bridgehead atoms. The summed E-state index contributed by atoms with van der Waals surface area (Å²) in [5.41, 5.74) is 2.65. The lowest BCUT2D eigenvalue weighted by Gasteiger charge is -2.32. The number of H-pyrrole nitrogens is 1. The van der Waals surface area contributed by atoms with Crippen LogP contribution in [0.5, 0.6) is 0 Å². The Labute approximate surface area is 145 Å². The van der Waals surface area contributed by atoms with E-state index >= 15 is 0 Å². The SMILES string of the molecule is Cn1cc([C@H]2OCCC[C@@H]2NCc2cc3ccccc3[nH]c2=O)cn1. The van der Waals surface area contributed by atoms with Crippen LogP contribution in [0.25, 0.3) is 10.9 Å². The zero-order chi connectivity index (χ0) is 17.2. The topological polar surface area (TPSA) is 71.9 Å². The summed E-state index contributed by atoms with van der Waals surface area (Å²) in [6.07, 6.45) is 5.86. The van der Waals surface area contributed by atoms with E-state index < -0.39 is 0 Å². The first kappa shape index (κ1) is 16.1. The Balaban J connectivity index is 1.53. The normalized spacial score (nSPS) is 20.8. The standard InChI is InChI=1S/C19H22N4O2/c1-23-12-15(11-21-23)18-17(7-4-8-25-18)20-10-14-9-13-5-2-3-6-16(13)22-19(14)24/h2-3,5-6,9,11-12,17-18,20H,4,7-8,10H2,1H3,(H,22,24)/t17-,18+/m0/s1. The highest BCUT2D eigenvalue weighted by molar-refractivity contribution is 5.78. The third-order valence-electron chi connectivity index (χ3n) is 4.76. The molecule has 6 nitrogen and oxygen atoms in total. The average Bonchev–Trinajstić information content (AvgIpc) is 3.06. The van der Waals surface area contributed by atoms with Crippen LogP contribution in [0.15, 0.2) is 47.5 Å². The fourth-order valence-corrected chi connectivity index (χ4v) is 3.47. The first-order valence-corrected chi connectivity index (χ1v) is 8.65. The summed E-state index contributed by atoms with van der Waals surface area (Å²) >= 11 is 0. The molecule has 1 aliphatic rings. The number of fused-ring (bicyclic) bond motifs is 1. The number of nitrogens with zero attached hydrogens (tertiary/aromatic N) is 2. The zero-order valence-electron chi connectivity index (χ0n) is 14.2. The maximum atomic E-state index is 12.3. The number of aryl methyl sites for hydroxylation is 1. The molecule has 0 radical (unpaired) electrons. The zero-order valence-corrected chi connectivity index (χ0v) is 14.2. The van der Waals surface area contributed by atoms with Gasteiger partial charge in [-0.15, -0.1) is 0 Å². The smallest absolute Gasteiger partial charge is 0.252 e. The molecule has 2 N–H and O–H groups in total. The van der Waals surface area contributed by atoms with Gasteiger partial charge in [0, 0.05) is 49.1 Å². The predicted octanol–water partition coefficient (Wildman–Crippen LogP) is 2.27. The van der Waals surface area contributed by atoms with E-state index in [-0.39, 0.29) is 17.7 Å². The number of aromatic amines is 1. The first-order valence-electron chi connectivity index (χ1n) is 8.65.